The first-order chi connectivity index (χ1) is 15.6. The summed E-state index contributed by atoms with van der Waals surface area (Å²) in [5.41, 5.74) is -2.14. The minimum absolute atomic E-state index is 0.0483. The van der Waals surface area contributed by atoms with Crippen LogP contribution in [0.5, 0.6) is 0 Å². The summed E-state index contributed by atoms with van der Waals surface area (Å²) in [7, 11) is 0. The monoisotopic (exact) mass is 519 g/mol. The Morgan fingerprint density at radius 1 is 1.12 bits per heavy atom. The van der Waals surface area contributed by atoms with Gasteiger partial charge >= 0.3 is 12.3 Å². The molecule has 2 rings (SSSR count). The Labute approximate surface area is 206 Å². The van der Waals surface area contributed by atoms with E-state index >= 15 is 0 Å². The van der Waals surface area contributed by atoms with Crippen molar-refractivity contribution in [1.82, 2.24) is 5.32 Å². The molecule has 0 radical (unpaired) electrons. The molecule has 0 aliphatic carbocycles. The lowest BCUT2D eigenvalue weighted by atomic mass is 9.85. The standard InChI is InChI=1S/C24H29ClF3NO4S/c1-22(2,3)33-21(32)29-23(4,14-16(31)10-11-30)19-9-8-18(13-20(19)25)34-17-7-5-6-15(12-17)24(26,27)28/h5-9,12-13,16,30-31H,10-11,14H2,1-4H3,(H,29,32). The molecule has 2 atom stereocenters. The van der Waals surface area contributed by atoms with Crippen LogP contribution in [0.3, 0.4) is 0 Å². The molecule has 0 fully saturated rings. The number of halogens is 4. The molecule has 2 aromatic carbocycles. The van der Waals surface area contributed by atoms with Crippen LogP contribution in [-0.4, -0.2) is 34.6 Å². The molecule has 1 amide bonds. The molecule has 5 nitrogen and oxygen atoms in total. The van der Waals surface area contributed by atoms with Crippen LogP contribution in [0.2, 0.25) is 5.02 Å². The van der Waals surface area contributed by atoms with Crippen LogP contribution in [-0.2, 0) is 16.5 Å². The Morgan fingerprint density at radius 2 is 1.76 bits per heavy atom. The van der Waals surface area contributed by atoms with Gasteiger partial charge in [-0.1, -0.05) is 35.5 Å². The van der Waals surface area contributed by atoms with E-state index in [-0.39, 0.29) is 24.5 Å². The van der Waals surface area contributed by atoms with Crippen molar-refractivity contribution < 1.29 is 32.9 Å². The van der Waals surface area contributed by atoms with Crippen molar-refractivity contribution in [3.63, 3.8) is 0 Å². The Morgan fingerprint density at radius 3 is 2.32 bits per heavy atom. The summed E-state index contributed by atoms with van der Waals surface area (Å²) in [4.78, 5) is 13.5. The number of nitrogens with one attached hydrogen (secondary N) is 1. The maximum atomic E-state index is 13.0. The highest BCUT2D eigenvalue weighted by Gasteiger charge is 2.35. The van der Waals surface area contributed by atoms with E-state index in [2.05, 4.69) is 5.32 Å². The number of benzene rings is 2. The topological polar surface area (TPSA) is 78.8 Å². The Kier molecular flexibility index (Phi) is 9.32. The van der Waals surface area contributed by atoms with Crippen molar-refractivity contribution in [3.05, 3.63) is 58.6 Å². The van der Waals surface area contributed by atoms with Gasteiger partial charge in [-0.15, -0.1) is 0 Å². The smallest absolute Gasteiger partial charge is 0.416 e. The molecular formula is C24H29ClF3NO4S. The zero-order chi connectivity index (χ0) is 25.7. The largest absolute Gasteiger partial charge is 0.444 e. The number of hydrogen-bond acceptors (Lipinski definition) is 5. The lowest BCUT2D eigenvalue weighted by Crippen LogP contribution is -2.47. The number of carbonyl (C=O) groups excluding carboxylic acids is 1. The lowest BCUT2D eigenvalue weighted by molar-refractivity contribution is -0.137. The molecule has 34 heavy (non-hydrogen) atoms. The molecule has 0 aliphatic heterocycles. The summed E-state index contributed by atoms with van der Waals surface area (Å²) in [6.07, 6.45) is -5.92. The Bertz CT molecular complexity index is 997. The summed E-state index contributed by atoms with van der Waals surface area (Å²) in [5.74, 6) is 0. The fourth-order valence-electron chi connectivity index (χ4n) is 3.36. The Balaban J connectivity index is 2.34. The highest BCUT2D eigenvalue weighted by atomic mass is 35.5. The summed E-state index contributed by atoms with van der Waals surface area (Å²) < 4.78 is 44.4. The first-order valence-electron chi connectivity index (χ1n) is 10.6. The van der Waals surface area contributed by atoms with Gasteiger partial charge in [-0.3, -0.25) is 0 Å². The third kappa shape index (κ3) is 8.37. The first kappa shape index (κ1) is 28.3. The summed E-state index contributed by atoms with van der Waals surface area (Å²) in [6.45, 7) is 6.61. The molecule has 0 saturated heterocycles. The summed E-state index contributed by atoms with van der Waals surface area (Å²) in [6, 6.07) is 9.90. The van der Waals surface area contributed by atoms with Gasteiger partial charge in [-0.25, -0.2) is 4.79 Å². The number of hydrogen-bond donors (Lipinski definition) is 3. The van der Waals surface area contributed by atoms with Crippen LogP contribution < -0.4 is 5.32 Å². The van der Waals surface area contributed by atoms with Crippen molar-refractivity contribution in [2.24, 2.45) is 0 Å². The second-order valence-corrected chi connectivity index (χ2v) is 10.7. The third-order valence-electron chi connectivity index (χ3n) is 4.82. The van der Waals surface area contributed by atoms with E-state index in [0.29, 0.717) is 15.4 Å². The van der Waals surface area contributed by atoms with Crippen molar-refractivity contribution in [1.29, 1.82) is 0 Å². The van der Waals surface area contributed by atoms with Gasteiger partial charge in [0.15, 0.2) is 0 Å². The van der Waals surface area contributed by atoms with Gasteiger partial charge < -0.3 is 20.3 Å². The van der Waals surface area contributed by atoms with Crippen molar-refractivity contribution >= 4 is 29.5 Å². The molecule has 0 spiro atoms. The number of ether oxygens (including phenoxy) is 1. The maximum absolute atomic E-state index is 13.0. The number of alkyl carbamates (subject to hydrolysis) is 1. The zero-order valence-corrected chi connectivity index (χ0v) is 20.9. The summed E-state index contributed by atoms with van der Waals surface area (Å²) >= 11 is 7.66. The van der Waals surface area contributed by atoms with Gasteiger partial charge in [0.1, 0.15) is 5.60 Å². The molecule has 188 valence electrons. The predicted molar refractivity (Wildman–Crippen MR) is 126 cm³/mol. The van der Waals surface area contributed by atoms with Gasteiger partial charge in [0.2, 0.25) is 0 Å². The van der Waals surface area contributed by atoms with Crippen LogP contribution in [0.1, 0.15) is 51.7 Å². The van der Waals surface area contributed by atoms with Crippen LogP contribution in [0.4, 0.5) is 18.0 Å². The second-order valence-electron chi connectivity index (χ2n) is 9.10. The van der Waals surface area contributed by atoms with Crippen molar-refractivity contribution in [2.75, 3.05) is 6.61 Å². The van der Waals surface area contributed by atoms with Crippen LogP contribution in [0.15, 0.2) is 52.3 Å². The number of aliphatic hydroxyl groups is 2. The number of amides is 1. The maximum Gasteiger partial charge on any atom is 0.416 e. The highest BCUT2D eigenvalue weighted by Crippen LogP contribution is 2.38. The quantitative estimate of drug-likeness (QED) is 0.377. The SMILES string of the molecule is CC(C)(C)OC(=O)NC(C)(CC(O)CCO)c1ccc(Sc2cccc(C(F)(F)F)c2)cc1Cl. The molecule has 10 heteroatoms. The molecule has 0 saturated carbocycles. The fraction of sp³-hybridized carbons (Fsp3) is 0.458. The number of carbonyl (C=O) groups is 1. The average molecular weight is 520 g/mol. The molecule has 2 aromatic rings. The van der Waals surface area contributed by atoms with E-state index in [1.807, 2.05) is 0 Å². The molecule has 3 N–H and O–H groups in total. The molecule has 0 aliphatic rings. The molecule has 0 heterocycles. The highest BCUT2D eigenvalue weighted by molar-refractivity contribution is 7.99. The average Bonchev–Trinajstić information content (AvgIpc) is 2.65. The van der Waals surface area contributed by atoms with Gasteiger partial charge in [-0.05, 0) is 70.0 Å². The van der Waals surface area contributed by atoms with Crippen molar-refractivity contribution in [2.45, 2.75) is 73.7 Å². The van der Waals surface area contributed by atoms with Crippen LogP contribution >= 0.6 is 23.4 Å². The van der Waals surface area contributed by atoms with E-state index in [1.165, 1.54) is 6.07 Å². The van der Waals surface area contributed by atoms with E-state index < -0.39 is 35.1 Å². The Hall–Kier alpha value is -1.94. The fourth-order valence-corrected chi connectivity index (χ4v) is 4.73. The van der Waals surface area contributed by atoms with E-state index in [4.69, 9.17) is 21.4 Å². The van der Waals surface area contributed by atoms with Crippen LogP contribution in [0, 0.1) is 0 Å². The summed E-state index contributed by atoms with van der Waals surface area (Å²) in [5, 5.41) is 22.5. The van der Waals surface area contributed by atoms with E-state index in [0.717, 1.165) is 23.9 Å². The molecule has 2 unspecified atom stereocenters. The second kappa shape index (κ2) is 11.2. The van der Waals surface area contributed by atoms with E-state index in [1.54, 1.807) is 52.0 Å². The first-order valence-corrected chi connectivity index (χ1v) is 11.8. The normalized spacial score (nSPS) is 14.9. The number of aliphatic hydroxyl groups excluding tert-OH is 2. The van der Waals surface area contributed by atoms with Crippen LogP contribution in [0.25, 0.3) is 0 Å². The predicted octanol–water partition coefficient (Wildman–Crippen LogP) is 6.38. The van der Waals surface area contributed by atoms with E-state index in [9.17, 15) is 23.1 Å². The van der Waals surface area contributed by atoms with Gasteiger partial charge in [0.05, 0.1) is 17.2 Å². The van der Waals surface area contributed by atoms with Gasteiger partial charge in [0, 0.05) is 27.8 Å². The number of alkyl halides is 3. The van der Waals surface area contributed by atoms with Gasteiger partial charge in [-0.2, -0.15) is 13.2 Å². The molecule has 0 bridgehead atoms. The molecular weight excluding hydrogens is 491 g/mol. The van der Waals surface area contributed by atoms with Gasteiger partial charge in [0.25, 0.3) is 0 Å². The van der Waals surface area contributed by atoms with Crippen molar-refractivity contribution in [3.8, 4) is 0 Å². The minimum atomic E-state index is -4.44. The third-order valence-corrected chi connectivity index (χ3v) is 6.11. The lowest BCUT2D eigenvalue weighted by Gasteiger charge is -2.35. The number of rotatable bonds is 8. The molecule has 0 aromatic heterocycles. The minimum Gasteiger partial charge on any atom is -0.444 e. The zero-order valence-electron chi connectivity index (χ0n) is 19.4.